The Morgan fingerprint density at radius 3 is 2.42 bits per heavy atom. The van der Waals surface area contributed by atoms with Crippen molar-refractivity contribution in [3.8, 4) is 0 Å². The molecule has 7 heteroatoms. The number of hydrogen-bond donors (Lipinski definition) is 2. The zero-order chi connectivity index (χ0) is 18.5. The number of nitrogens with one attached hydrogen (secondary N) is 2. The fourth-order valence-corrected chi connectivity index (χ4v) is 2.36. The highest BCUT2D eigenvalue weighted by Gasteiger charge is 2.08. The smallest absolute Gasteiger partial charge is 0.230 e. The third-order valence-electron chi connectivity index (χ3n) is 3.74. The van der Waals surface area contributed by atoms with E-state index in [0.29, 0.717) is 0 Å². The van der Waals surface area contributed by atoms with E-state index in [9.17, 15) is 13.6 Å². The minimum absolute atomic E-state index is 0.0806. The Balaban J connectivity index is 1.62. The molecule has 3 aromatic rings. The number of amides is 1. The molecule has 0 spiro atoms. The maximum absolute atomic E-state index is 13.6. The van der Waals surface area contributed by atoms with Gasteiger partial charge in [-0.05, 0) is 42.3 Å². The average Bonchev–Trinajstić information content (AvgIpc) is 2.61. The molecule has 2 N–H and O–H groups in total. The lowest BCUT2D eigenvalue weighted by Gasteiger charge is -2.08. The average molecular weight is 354 g/mol. The lowest BCUT2D eigenvalue weighted by Crippen LogP contribution is -2.16. The first kappa shape index (κ1) is 17.5. The van der Waals surface area contributed by atoms with E-state index >= 15 is 0 Å². The summed E-state index contributed by atoms with van der Waals surface area (Å²) in [6.45, 7) is 1.94. The summed E-state index contributed by atoms with van der Waals surface area (Å²) < 4.78 is 26.5. The van der Waals surface area contributed by atoms with Crippen molar-refractivity contribution in [3.63, 3.8) is 0 Å². The van der Waals surface area contributed by atoms with E-state index in [1.807, 2.05) is 31.2 Å². The Hall–Kier alpha value is -3.35. The molecule has 1 amide bonds. The van der Waals surface area contributed by atoms with Gasteiger partial charge in [-0.3, -0.25) is 4.79 Å². The molecule has 0 saturated carbocycles. The predicted molar refractivity (Wildman–Crippen MR) is 95.2 cm³/mol. The van der Waals surface area contributed by atoms with Crippen LogP contribution in [0.1, 0.15) is 11.1 Å². The molecule has 0 atom stereocenters. The Bertz CT molecular complexity index is 929. The summed E-state index contributed by atoms with van der Waals surface area (Å²) in [4.78, 5) is 12.1. The normalized spacial score (nSPS) is 10.4. The Morgan fingerprint density at radius 1 is 1.00 bits per heavy atom. The molecule has 0 fully saturated rings. The SMILES string of the molecule is Cc1ccccc1CC(=O)Nc1ccc(Nc2ccc(F)cc2F)nn1. The van der Waals surface area contributed by atoms with Crippen LogP contribution in [0, 0.1) is 18.6 Å². The van der Waals surface area contributed by atoms with Crippen LogP contribution in [-0.2, 0) is 11.2 Å². The number of hydrogen-bond acceptors (Lipinski definition) is 4. The lowest BCUT2D eigenvalue weighted by molar-refractivity contribution is -0.115. The quantitative estimate of drug-likeness (QED) is 0.727. The van der Waals surface area contributed by atoms with Crippen LogP contribution in [0.5, 0.6) is 0 Å². The molecule has 5 nitrogen and oxygen atoms in total. The van der Waals surface area contributed by atoms with Crippen LogP contribution in [-0.4, -0.2) is 16.1 Å². The van der Waals surface area contributed by atoms with Gasteiger partial charge in [-0.25, -0.2) is 8.78 Å². The topological polar surface area (TPSA) is 66.9 Å². The molecular weight excluding hydrogens is 338 g/mol. The first-order chi connectivity index (χ1) is 12.5. The summed E-state index contributed by atoms with van der Waals surface area (Å²) >= 11 is 0. The number of benzene rings is 2. The van der Waals surface area contributed by atoms with Crippen LogP contribution in [0.3, 0.4) is 0 Å². The van der Waals surface area contributed by atoms with E-state index in [1.165, 1.54) is 6.07 Å². The summed E-state index contributed by atoms with van der Waals surface area (Å²) in [5.41, 5.74) is 2.05. The van der Waals surface area contributed by atoms with Crippen molar-refractivity contribution in [2.75, 3.05) is 10.6 Å². The molecule has 3 rings (SSSR count). The molecule has 132 valence electrons. The van der Waals surface area contributed by atoms with Crippen molar-refractivity contribution in [2.24, 2.45) is 0 Å². The van der Waals surface area contributed by atoms with Crippen molar-refractivity contribution in [2.45, 2.75) is 13.3 Å². The maximum Gasteiger partial charge on any atom is 0.230 e. The number of rotatable bonds is 5. The highest BCUT2D eigenvalue weighted by atomic mass is 19.1. The summed E-state index contributed by atoms with van der Waals surface area (Å²) in [5, 5.41) is 13.1. The van der Waals surface area contributed by atoms with Gasteiger partial charge in [0.2, 0.25) is 5.91 Å². The molecule has 0 saturated heterocycles. The predicted octanol–water partition coefficient (Wildman–Crippen LogP) is 3.99. The largest absolute Gasteiger partial charge is 0.336 e. The molecule has 2 aromatic carbocycles. The summed E-state index contributed by atoms with van der Waals surface area (Å²) in [5.74, 6) is -1.05. The highest BCUT2D eigenvalue weighted by molar-refractivity contribution is 5.91. The van der Waals surface area contributed by atoms with Crippen molar-refractivity contribution in [1.82, 2.24) is 10.2 Å². The van der Waals surface area contributed by atoms with Gasteiger partial charge in [0.15, 0.2) is 11.6 Å². The number of aromatic nitrogens is 2. The zero-order valence-electron chi connectivity index (χ0n) is 14.0. The Labute approximate surface area is 149 Å². The van der Waals surface area contributed by atoms with E-state index in [4.69, 9.17) is 0 Å². The van der Waals surface area contributed by atoms with E-state index in [2.05, 4.69) is 20.8 Å². The number of carbonyl (C=O) groups excluding carboxylic acids is 1. The molecule has 0 unspecified atom stereocenters. The van der Waals surface area contributed by atoms with Crippen LogP contribution < -0.4 is 10.6 Å². The third-order valence-corrected chi connectivity index (χ3v) is 3.74. The fourth-order valence-electron chi connectivity index (χ4n) is 2.36. The maximum atomic E-state index is 13.6. The van der Waals surface area contributed by atoms with Gasteiger partial charge in [0.05, 0.1) is 12.1 Å². The van der Waals surface area contributed by atoms with Gasteiger partial charge in [0.25, 0.3) is 0 Å². The second-order valence-electron chi connectivity index (χ2n) is 5.70. The second-order valence-corrected chi connectivity index (χ2v) is 5.70. The van der Waals surface area contributed by atoms with Crippen LogP contribution in [0.2, 0.25) is 0 Å². The number of anilines is 3. The Kier molecular flexibility index (Phi) is 5.17. The monoisotopic (exact) mass is 354 g/mol. The lowest BCUT2D eigenvalue weighted by atomic mass is 10.1. The summed E-state index contributed by atoms with van der Waals surface area (Å²) in [7, 11) is 0. The van der Waals surface area contributed by atoms with Gasteiger partial charge in [-0.1, -0.05) is 24.3 Å². The first-order valence-corrected chi connectivity index (χ1v) is 7.91. The molecule has 0 aliphatic rings. The van der Waals surface area contributed by atoms with Gasteiger partial charge in [-0.15, -0.1) is 10.2 Å². The minimum Gasteiger partial charge on any atom is -0.336 e. The van der Waals surface area contributed by atoms with Crippen LogP contribution in [0.4, 0.5) is 26.1 Å². The number of nitrogens with zero attached hydrogens (tertiary/aromatic N) is 2. The molecule has 26 heavy (non-hydrogen) atoms. The zero-order valence-corrected chi connectivity index (χ0v) is 14.0. The highest BCUT2D eigenvalue weighted by Crippen LogP contribution is 2.19. The van der Waals surface area contributed by atoms with Crippen LogP contribution in [0.25, 0.3) is 0 Å². The van der Waals surface area contributed by atoms with Crippen LogP contribution >= 0.6 is 0 Å². The van der Waals surface area contributed by atoms with Crippen molar-refractivity contribution in [1.29, 1.82) is 0 Å². The fraction of sp³-hybridized carbons (Fsp3) is 0.105. The number of carbonyl (C=O) groups is 1. The minimum atomic E-state index is -0.734. The number of halogens is 2. The first-order valence-electron chi connectivity index (χ1n) is 7.91. The van der Waals surface area contributed by atoms with E-state index in [0.717, 1.165) is 23.3 Å². The molecule has 0 radical (unpaired) electrons. The molecule has 0 aliphatic carbocycles. The van der Waals surface area contributed by atoms with E-state index in [1.54, 1.807) is 12.1 Å². The molecule has 0 bridgehead atoms. The third kappa shape index (κ3) is 4.38. The second kappa shape index (κ2) is 7.69. The van der Waals surface area contributed by atoms with E-state index < -0.39 is 11.6 Å². The van der Waals surface area contributed by atoms with Gasteiger partial charge in [0.1, 0.15) is 11.6 Å². The summed E-state index contributed by atoms with van der Waals surface area (Å²) in [6, 6.07) is 13.9. The van der Waals surface area contributed by atoms with Crippen molar-refractivity contribution >= 4 is 23.2 Å². The molecule has 1 heterocycles. The molecular formula is C19H16F2N4O. The van der Waals surface area contributed by atoms with Crippen LogP contribution in [0.15, 0.2) is 54.6 Å². The van der Waals surface area contributed by atoms with Gasteiger partial charge in [0, 0.05) is 6.07 Å². The van der Waals surface area contributed by atoms with Gasteiger partial charge < -0.3 is 10.6 Å². The molecule has 0 aliphatic heterocycles. The Morgan fingerprint density at radius 2 is 1.73 bits per heavy atom. The summed E-state index contributed by atoms with van der Waals surface area (Å²) in [6.07, 6.45) is 0.231. The van der Waals surface area contributed by atoms with Crippen molar-refractivity contribution in [3.05, 3.63) is 77.4 Å². The molecule has 1 aromatic heterocycles. The van der Waals surface area contributed by atoms with Crippen molar-refractivity contribution < 1.29 is 13.6 Å². The standard InChI is InChI=1S/C19H16F2N4O/c1-12-4-2-3-5-13(12)10-19(26)23-18-9-8-17(24-25-18)22-16-7-6-14(20)11-15(16)21/h2-9,11H,10H2,1H3,(H,22,24)(H,23,25,26). The van der Waals surface area contributed by atoms with E-state index in [-0.39, 0.29) is 29.7 Å². The van der Waals surface area contributed by atoms with Gasteiger partial charge >= 0.3 is 0 Å². The van der Waals surface area contributed by atoms with Gasteiger partial charge in [-0.2, -0.15) is 0 Å². The number of aryl methyl sites for hydroxylation is 1.